The van der Waals surface area contributed by atoms with Crippen molar-refractivity contribution < 1.29 is 9.63 Å². The van der Waals surface area contributed by atoms with E-state index in [1.54, 1.807) is 7.11 Å². The van der Waals surface area contributed by atoms with Gasteiger partial charge in [0.1, 0.15) is 0 Å². The van der Waals surface area contributed by atoms with Gasteiger partial charge in [-0.25, -0.2) is 0 Å². The highest BCUT2D eigenvalue weighted by atomic mass is 16.6. The molecule has 0 bridgehead atoms. The Labute approximate surface area is 114 Å². The summed E-state index contributed by atoms with van der Waals surface area (Å²) < 4.78 is 0. The topological polar surface area (TPSA) is 41.6 Å². The average Bonchev–Trinajstić information content (AvgIpc) is 2.70. The molecule has 1 aliphatic rings. The second-order valence-electron chi connectivity index (χ2n) is 5.03. The van der Waals surface area contributed by atoms with Crippen LogP contribution in [0.2, 0.25) is 0 Å². The Morgan fingerprint density at radius 3 is 2.74 bits per heavy atom. The Kier molecular flexibility index (Phi) is 4.93. The summed E-state index contributed by atoms with van der Waals surface area (Å²) in [5, 5.41) is 0. The SMILES string of the molecule is CCC[C@@H]1C(=O)N(Cc2ccccc2)C[C@H]1NOC. The molecule has 1 aromatic carbocycles. The van der Waals surface area contributed by atoms with Crippen LogP contribution in [0.4, 0.5) is 0 Å². The van der Waals surface area contributed by atoms with Crippen LogP contribution in [0.25, 0.3) is 0 Å². The smallest absolute Gasteiger partial charge is 0.227 e. The molecule has 4 heteroatoms. The van der Waals surface area contributed by atoms with Gasteiger partial charge in [-0.2, -0.15) is 5.48 Å². The lowest BCUT2D eigenvalue weighted by atomic mass is 9.98. The molecule has 19 heavy (non-hydrogen) atoms. The highest BCUT2D eigenvalue weighted by Gasteiger charge is 2.39. The minimum Gasteiger partial charge on any atom is -0.336 e. The van der Waals surface area contributed by atoms with Gasteiger partial charge in [-0.1, -0.05) is 43.7 Å². The molecule has 0 aliphatic carbocycles. The summed E-state index contributed by atoms with van der Waals surface area (Å²) in [6.07, 6.45) is 1.92. The van der Waals surface area contributed by atoms with Crippen molar-refractivity contribution >= 4 is 5.91 Å². The van der Waals surface area contributed by atoms with Gasteiger partial charge in [-0.05, 0) is 12.0 Å². The number of rotatable bonds is 6. The van der Waals surface area contributed by atoms with Crippen LogP contribution in [0.3, 0.4) is 0 Å². The maximum absolute atomic E-state index is 12.4. The molecule has 1 aromatic rings. The number of hydrogen-bond donors (Lipinski definition) is 1. The van der Waals surface area contributed by atoms with E-state index < -0.39 is 0 Å². The monoisotopic (exact) mass is 262 g/mol. The number of carbonyl (C=O) groups excluding carboxylic acids is 1. The zero-order chi connectivity index (χ0) is 13.7. The number of hydrogen-bond acceptors (Lipinski definition) is 3. The van der Waals surface area contributed by atoms with Crippen LogP contribution in [0.5, 0.6) is 0 Å². The van der Waals surface area contributed by atoms with Crippen LogP contribution in [0.1, 0.15) is 25.3 Å². The second kappa shape index (κ2) is 6.68. The molecule has 0 saturated carbocycles. The van der Waals surface area contributed by atoms with Crippen LogP contribution in [0.15, 0.2) is 30.3 Å². The lowest BCUT2D eigenvalue weighted by molar-refractivity contribution is -0.132. The van der Waals surface area contributed by atoms with Crippen LogP contribution in [0, 0.1) is 5.92 Å². The van der Waals surface area contributed by atoms with Gasteiger partial charge >= 0.3 is 0 Å². The van der Waals surface area contributed by atoms with Crippen molar-refractivity contribution in [2.75, 3.05) is 13.7 Å². The number of nitrogens with zero attached hydrogens (tertiary/aromatic N) is 1. The van der Waals surface area contributed by atoms with E-state index in [9.17, 15) is 4.79 Å². The van der Waals surface area contributed by atoms with Crippen molar-refractivity contribution in [3.63, 3.8) is 0 Å². The van der Waals surface area contributed by atoms with E-state index in [1.807, 2.05) is 23.1 Å². The fraction of sp³-hybridized carbons (Fsp3) is 0.533. The molecule has 2 atom stereocenters. The first kappa shape index (κ1) is 14.0. The molecule has 1 N–H and O–H groups in total. The molecule has 1 amide bonds. The summed E-state index contributed by atoms with van der Waals surface area (Å²) in [6.45, 7) is 3.50. The molecule has 1 heterocycles. The zero-order valence-corrected chi connectivity index (χ0v) is 11.6. The number of amides is 1. The van der Waals surface area contributed by atoms with E-state index in [0.29, 0.717) is 13.1 Å². The number of hydroxylamine groups is 1. The molecule has 4 nitrogen and oxygen atoms in total. The van der Waals surface area contributed by atoms with Crippen molar-refractivity contribution in [3.8, 4) is 0 Å². The van der Waals surface area contributed by atoms with Crippen molar-refractivity contribution in [2.24, 2.45) is 5.92 Å². The van der Waals surface area contributed by atoms with E-state index in [1.165, 1.54) is 5.56 Å². The first-order chi connectivity index (χ1) is 9.26. The van der Waals surface area contributed by atoms with Crippen LogP contribution in [-0.4, -0.2) is 30.5 Å². The van der Waals surface area contributed by atoms with E-state index in [-0.39, 0.29) is 17.9 Å². The molecule has 1 aliphatic heterocycles. The summed E-state index contributed by atoms with van der Waals surface area (Å²) in [7, 11) is 1.60. The fourth-order valence-corrected chi connectivity index (χ4v) is 2.71. The average molecular weight is 262 g/mol. The maximum Gasteiger partial charge on any atom is 0.227 e. The van der Waals surface area contributed by atoms with Gasteiger partial charge in [0.15, 0.2) is 0 Å². The largest absolute Gasteiger partial charge is 0.336 e. The van der Waals surface area contributed by atoms with Crippen LogP contribution in [-0.2, 0) is 16.2 Å². The fourth-order valence-electron chi connectivity index (χ4n) is 2.71. The summed E-state index contributed by atoms with van der Waals surface area (Å²) >= 11 is 0. The number of nitrogens with one attached hydrogen (secondary N) is 1. The molecule has 1 fully saturated rings. The van der Waals surface area contributed by atoms with Gasteiger partial charge in [0.2, 0.25) is 5.91 Å². The third-order valence-electron chi connectivity index (χ3n) is 3.62. The van der Waals surface area contributed by atoms with E-state index in [2.05, 4.69) is 24.5 Å². The molecule has 0 unspecified atom stereocenters. The predicted molar refractivity (Wildman–Crippen MR) is 74.2 cm³/mol. The molecule has 2 rings (SSSR count). The van der Waals surface area contributed by atoms with Crippen molar-refractivity contribution in [1.82, 2.24) is 10.4 Å². The van der Waals surface area contributed by atoms with Crippen LogP contribution < -0.4 is 5.48 Å². The van der Waals surface area contributed by atoms with Gasteiger partial charge in [0.25, 0.3) is 0 Å². The third-order valence-corrected chi connectivity index (χ3v) is 3.62. The highest BCUT2D eigenvalue weighted by molar-refractivity contribution is 5.82. The van der Waals surface area contributed by atoms with Crippen molar-refractivity contribution in [1.29, 1.82) is 0 Å². The lowest BCUT2D eigenvalue weighted by Gasteiger charge is -2.16. The Hall–Kier alpha value is -1.39. The quantitative estimate of drug-likeness (QED) is 0.797. The summed E-state index contributed by atoms with van der Waals surface area (Å²) in [5.74, 6) is 0.272. The number of carbonyl (C=O) groups is 1. The number of benzene rings is 1. The highest BCUT2D eigenvalue weighted by Crippen LogP contribution is 2.24. The third kappa shape index (κ3) is 3.33. The van der Waals surface area contributed by atoms with Crippen molar-refractivity contribution in [2.45, 2.75) is 32.4 Å². The van der Waals surface area contributed by atoms with E-state index in [0.717, 1.165) is 12.8 Å². The maximum atomic E-state index is 12.4. The van der Waals surface area contributed by atoms with Gasteiger partial charge in [-0.15, -0.1) is 0 Å². The Morgan fingerprint density at radius 1 is 1.37 bits per heavy atom. The van der Waals surface area contributed by atoms with Gasteiger partial charge < -0.3 is 9.74 Å². The molecule has 0 aromatic heterocycles. The predicted octanol–water partition coefficient (Wildman–Crippen LogP) is 1.96. The van der Waals surface area contributed by atoms with Crippen LogP contribution >= 0.6 is 0 Å². The van der Waals surface area contributed by atoms with Gasteiger partial charge in [0, 0.05) is 13.1 Å². The summed E-state index contributed by atoms with van der Waals surface area (Å²) in [5.41, 5.74) is 4.13. The number of likely N-dealkylation sites (tertiary alicyclic amines) is 1. The molecular weight excluding hydrogens is 240 g/mol. The second-order valence-corrected chi connectivity index (χ2v) is 5.03. The van der Waals surface area contributed by atoms with Gasteiger partial charge in [-0.3, -0.25) is 4.79 Å². The minimum absolute atomic E-state index is 0.0358. The normalized spacial score (nSPS) is 23.1. The molecule has 104 valence electrons. The summed E-state index contributed by atoms with van der Waals surface area (Å²) in [6, 6.07) is 10.2. The zero-order valence-electron chi connectivity index (χ0n) is 11.6. The standard InChI is InChI=1S/C15H22N2O2/c1-3-7-13-14(16-19-2)11-17(15(13)18)10-12-8-5-4-6-9-12/h4-6,8-9,13-14,16H,3,7,10-11H2,1-2H3/t13-,14+/m0/s1. The molecular formula is C15H22N2O2. The van der Waals surface area contributed by atoms with Crippen molar-refractivity contribution in [3.05, 3.63) is 35.9 Å². The van der Waals surface area contributed by atoms with Gasteiger partial charge in [0.05, 0.1) is 19.1 Å². The Morgan fingerprint density at radius 2 is 2.11 bits per heavy atom. The molecule has 0 radical (unpaired) electrons. The molecule has 0 spiro atoms. The minimum atomic E-state index is 0.0358. The first-order valence-corrected chi connectivity index (χ1v) is 6.87. The molecule has 1 saturated heterocycles. The first-order valence-electron chi connectivity index (χ1n) is 6.87. The van der Waals surface area contributed by atoms with E-state index >= 15 is 0 Å². The lowest BCUT2D eigenvalue weighted by Crippen LogP contribution is -2.35. The van der Waals surface area contributed by atoms with E-state index in [4.69, 9.17) is 4.84 Å². The Balaban J connectivity index is 2.04. The summed E-state index contributed by atoms with van der Waals surface area (Å²) in [4.78, 5) is 19.4. The Bertz CT molecular complexity index is 408.